The maximum absolute atomic E-state index is 11.2. The molecule has 1 heterocycles. The third-order valence-electron chi connectivity index (χ3n) is 2.96. The Morgan fingerprint density at radius 2 is 2.44 bits per heavy atom. The first-order valence-electron chi connectivity index (χ1n) is 6.44. The summed E-state index contributed by atoms with van der Waals surface area (Å²) in [7, 11) is 0. The molecule has 16 heavy (non-hydrogen) atoms. The van der Waals surface area contributed by atoms with Gasteiger partial charge in [0.15, 0.2) is 0 Å². The number of hydrogen-bond acceptors (Lipinski definition) is 3. The van der Waals surface area contributed by atoms with Crippen LogP contribution in [0, 0.1) is 5.92 Å². The molecule has 0 aromatic heterocycles. The Morgan fingerprint density at radius 1 is 1.56 bits per heavy atom. The van der Waals surface area contributed by atoms with Crippen molar-refractivity contribution >= 4 is 6.09 Å². The second-order valence-electron chi connectivity index (χ2n) is 4.42. The molecule has 1 fully saturated rings. The zero-order valence-electron chi connectivity index (χ0n) is 10.3. The van der Waals surface area contributed by atoms with Crippen molar-refractivity contribution in [2.45, 2.75) is 39.0 Å². The van der Waals surface area contributed by atoms with Crippen LogP contribution in [0.1, 0.15) is 39.0 Å². The van der Waals surface area contributed by atoms with Gasteiger partial charge >= 0.3 is 6.09 Å². The van der Waals surface area contributed by atoms with Crippen LogP contribution in [0.15, 0.2) is 0 Å². The summed E-state index contributed by atoms with van der Waals surface area (Å²) in [6, 6.07) is 0. The van der Waals surface area contributed by atoms with Gasteiger partial charge in [-0.3, -0.25) is 0 Å². The molecule has 1 atom stereocenters. The van der Waals surface area contributed by atoms with Gasteiger partial charge < -0.3 is 15.4 Å². The molecule has 2 N–H and O–H groups in total. The average molecular weight is 228 g/mol. The van der Waals surface area contributed by atoms with E-state index in [4.69, 9.17) is 4.74 Å². The molecule has 0 aliphatic carbocycles. The van der Waals surface area contributed by atoms with E-state index in [9.17, 15) is 4.79 Å². The van der Waals surface area contributed by atoms with E-state index in [1.54, 1.807) is 0 Å². The molecule has 0 bridgehead atoms. The van der Waals surface area contributed by atoms with E-state index < -0.39 is 0 Å². The number of hydrogen-bond donors (Lipinski definition) is 2. The SMILES string of the molecule is CCCCNC(=O)OCCC1CCCNC1. The van der Waals surface area contributed by atoms with E-state index in [0.29, 0.717) is 12.5 Å². The van der Waals surface area contributed by atoms with Gasteiger partial charge in [0.1, 0.15) is 0 Å². The fraction of sp³-hybridized carbons (Fsp3) is 0.917. The van der Waals surface area contributed by atoms with Crippen molar-refractivity contribution in [3.8, 4) is 0 Å². The smallest absolute Gasteiger partial charge is 0.407 e. The fourth-order valence-electron chi connectivity index (χ4n) is 1.91. The molecule has 1 aliphatic rings. The minimum Gasteiger partial charge on any atom is -0.450 e. The zero-order chi connectivity index (χ0) is 11.6. The molecule has 1 aliphatic heterocycles. The van der Waals surface area contributed by atoms with Crippen LogP contribution in [0.4, 0.5) is 4.79 Å². The number of alkyl carbamates (subject to hydrolysis) is 1. The lowest BCUT2D eigenvalue weighted by Crippen LogP contribution is -2.31. The Kier molecular flexibility index (Phi) is 6.97. The summed E-state index contributed by atoms with van der Waals surface area (Å²) in [6.07, 6.45) is 5.32. The summed E-state index contributed by atoms with van der Waals surface area (Å²) in [6.45, 7) is 5.57. The number of nitrogens with one attached hydrogen (secondary N) is 2. The van der Waals surface area contributed by atoms with Crippen LogP contribution >= 0.6 is 0 Å². The number of amides is 1. The van der Waals surface area contributed by atoms with E-state index in [0.717, 1.165) is 38.9 Å². The Labute approximate surface area is 98.1 Å². The molecule has 0 aromatic carbocycles. The molecule has 0 spiro atoms. The highest BCUT2D eigenvalue weighted by Gasteiger charge is 2.13. The highest BCUT2D eigenvalue weighted by Crippen LogP contribution is 2.13. The monoisotopic (exact) mass is 228 g/mol. The van der Waals surface area contributed by atoms with E-state index in [-0.39, 0.29) is 6.09 Å². The van der Waals surface area contributed by atoms with Gasteiger partial charge in [0.05, 0.1) is 6.61 Å². The Morgan fingerprint density at radius 3 is 3.12 bits per heavy atom. The summed E-state index contributed by atoms with van der Waals surface area (Å²) < 4.78 is 5.11. The Bertz CT molecular complexity index is 191. The number of rotatable bonds is 6. The van der Waals surface area contributed by atoms with Gasteiger partial charge in [-0.2, -0.15) is 0 Å². The van der Waals surface area contributed by atoms with Gasteiger partial charge in [-0.25, -0.2) is 4.79 Å². The number of ether oxygens (including phenoxy) is 1. The number of piperidine rings is 1. The van der Waals surface area contributed by atoms with Crippen LogP contribution < -0.4 is 10.6 Å². The van der Waals surface area contributed by atoms with E-state index in [1.807, 2.05) is 0 Å². The molecule has 1 unspecified atom stereocenters. The molecule has 4 nitrogen and oxygen atoms in total. The first-order valence-corrected chi connectivity index (χ1v) is 6.44. The van der Waals surface area contributed by atoms with Crippen molar-refractivity contribution in [3.05, 3.63) is 0 Å². The molecule has 1 saturated heterocycles. The lowest BCUT2D eigenvalue weighted by atomic mass is 9.97. The predicted molar refractivity (Wildman–Crippen MR) is 64.5 cm³/mol. The average Bonchev–Trinajstić information content (AvgIpc) is 2.31. The first kappa shape index (κ1) is 13.3. The summed E-state index contributed by atoms with van der Waals surface area (Å²) >= 11 is 0. The van der Waals surface area contributed by atoms with E-state index >= 15 is 0 Å². The van der Waals surface area contributed by atoms with E-state index in [2.05, 4.69) is 17.6 Å². The third-order valence-corrected chi connectivity index (χ3v) is 2.96. The quantitative estimate of drug-likeness (QED) is 0.683. The van der Waals surface area contributed by atoms with Crippen LogP contribution in [0.2, 0.25) is 0 Å². The molecule has 0 saturated carbocycles. The molecule has 0 aromatic rings. The van der Waals surface area contributed by atoms with Crippen LogP contribution in [0.25, 0.3) is 0 Å². The molecule has 1 rings (SSSR count). The molecule has 0 radical (unpaired) electrons. The molecular weight excluding hydrogens is 204 g/mol. The maximum atomic E-state index is 11.2. The van der Waals surface area contributed by atoms with E-state index in [1.165, 1.54) is 12.8 Å². The number of unbranched alkanes of at least 4 members (excludes halogenated alkanes) is 1. The highest BCUT2D eigenvalue weighted by molar-refractivity contribution is 5.66. The summed E-state index contributed by atoms with van der Waals surface area (Å²) in [5.41, 5.74) is 0. The maximum Gasteiger partial charge on any atom is 0.407 e. The van der Waals surface area contributed by atoms with Gasteiger partial charge in [-0.05, 0) is 44.7 Å². The normalized spacial score (nSPS) is 20.4. The van der Waals surface area contributed by atoms with Gasteiger partial charge in [-0.15, -0.1) is 0 Å². The third kappa shape index (κ3) is 5.95. The van der Waals surface area contributed by atoms with Crippen molar-refractivity contribution in [2.24, 2.45) is 5.92 Å². The largest absolute Gasteiger partial charge is 0.450 e. The topological polar surface area (TPSA) is 50.4 Å². The molecular formula is C12H24N2O2. The van der Waals surface area contributed by atoms with Gasteiger partial charge in [0.25, 0.3) is 0 Å². The lowest BCUT2D eigenvalue weighted by Gasteiger charge is -2.22. The molecule has 94 valence electrons. The summed E-state index contributed by atoms with van der Waals surface area (Å²) in [4.78, 5) is 11.2. The minimum absolute atomic E-state index is 0.266. The zero-order valence-corrected chi connectivity index (χ0v) is 10.3. The fourth-order valence-corrected chi connectivity index (χ4v) is 1.91. The Hall–Kier alpha value is -0.770. The summed E-state index contributed by atoms with van der Waals surface area (Å²) in [5.74, 6) is 0.678. The van der Waals surface area contributed by atoms with Crippen molar-refractivity contribution in [3.63, 3.8) is 0 Å². The van der Waals surface area contributed by atoms with Gasteiger partial charge in [0.2, 0.25) is 0 Å². The summed E-state index contributed by atoms with van der Waals surface area (Å²) in [5, 5.41) is 6.10. The van der Waals surface area contributed by atoms with Gasteiger partial charge in [0, 0.05) is 6.54 Å². The van der Waals surface area contributed by atoms with Crippen molar-refractivity contribution < 1.29 is 9.53 Å². The van der Waals surface area contributed by atoms with Gasteiger partial charge in [-0.1, -0.05) is 13.3 Å². The Balaban J connectivity index is 1.94. The van der Waals surface area contributed by atoms with Crippen LogP contribution in [0.3, 0.4) is 0 Å². The highest BCUT2D eigenvalue weighted by atomic mass is 16.5. The van der Waals surface area contributed by atoms with Crippen LogP contribution in [0.5, 0.6) is 0 Å². The first-order chi connectivity index (χ1) is 7.83. The molecule has 4 heteroatoms. The number of carbonyl (C=O) groups excluding carboxylic acids is 1. The van der Waals surface area contributed by atoms with Crippen molar-refractivity contribution in [1.82, 2.24) is 10.6 Å². The predicted octanol–water partition coefficient (Wildman–Crippen LogP) is 1.90. The minimum atomic E-state index is -0.266. The van der Waals surface area contributed by atoms with Crippen molar-refractivity contribution in [1.29, 1.82) is 0 Å². The number of carbonyl (C=O) groups is 1. The molecule has 1 amide bonds. The second-order valence-corrected chi connectivity index (χ2v) is 4.42. The van der Waals surface area contributed by atoms with Crippen LogP contribution in [-0.4, -0.2) is 32.3 Å². The lowest BCUT2D eigenvalue weighted by molar-refractivity contribution is 0.135. The van der Waals surface area contributed by atoms with Crippen molar-refractivity contribution in [2.75, 3.05) is 26.2 Å². The van der Waals surface area contributed by atoms with Crippen LogP contribution in [-0.2, 0) is 4.74 Å². The second kappa shape index (κ2) is 8.39. The standard InChI is InChI=1S/C12H24N2O2/c1-2-3-8-14-12(15)16-9-6-11-5-4-7-13-10-11/h11,13H,2-10H2,1H3,(H,14,15).